The van der Waals surface area contributed by atoms with Gasteiger partial charge in [-0.2, -0.15) is 0 Å². The lowest BCUT2D eigenvalue weighted by atomic mass is 10.4. The zero-order valence-electron chi connectivity index (χ0n) is 8.73. The van der Waals surface area contributed by atoms with E-state index in [1.165, 1.54) is 24.3 Å². The first-order valence-electron chi connectivity index (χ1n) is 4.51. The van der Waals surface area contributed by atoms with Crippen molar-refractivity contribution in [2.24, 2.45) is 0 Å². The fraction of sp³-hybridized carbons (Fsp3) is 0.222. The minimum atomic E-state index is -4.10. The molecule has 1 amide bonds. The van der Waals surface area contributed by atoms with Crippen LogP contribution in [0, 0.1) is 0 Å². The highest BCUT2D eigenvalue weighted by molar-refractivity contribution is 7.95. The fourth-order valence-corrected chi connectivity index (χ4v) is 2.96. The van der Waals surface area contributed by atoms with Crippen molar-refractivity contribution < 1.29 is 18.3 Å². The highest BCUT2D eigenvalue weighted by atomic mass is 35.5. The summed E-state index contributed by atoms with van der Waals surface area (Å²) in [4.78, 5) is 10.2. The first-order valence-corrected chi connectivity index (χ1v) is 7.13. The van der Waals surface area contributed by atoms with Crippen molar-refractivity contribution in [2.75, 3.05) is 6.54 Å². The molecule has 1 aromatic rings. The molecule has 0 saturated carbocycles. The monoisotopic (exact) mass is 331 g/mol. The second kappa shape index (κ2) is 5.52. The van der Waals surface area contributed by atoms with Gasteiger partial charge in [0.1, 0.15) is 0 Å². The lowest BCUT2D eigenvalue weighted by Crippen LogP contribution is -2.40. The molecule has 0 atom stereocenters. The van der Waals surface area contributed by atoms with E-state index in [1.54, 1.807) is 0 Å². The number of nitrogens with one attached hydrogen (secondary N) is 1. The molecule has 0 radical (unpaired) electrons. The summed E-state index contributed by atoms with van der Waals surface area (Å²) >= 11 is 17.0. The Bertz CT molecular complexity index is 541. The number of hydrogen-bond acceptors (Lipinski definition) is 3. The van der Waals surface area contributed by atoms with E-state index in [9.17, 15) is 13.2 Å². The van der Waals surface area contributed by atoms with Crippen molar-refractivity contribution in [3.05, 3.63) is 29.3 Å². The van der Waals surface area contributed by atoms with Gasteiger partial charge in [0.15, 0.2) is 0 Å². The van der Waals surface area contributed by atoms with Gasteiger partial charge in [0.05, 0.1) is 11.4 Å². The molecule has 9 heteroatoms. The number of carboxylic acid groups (broad SMARTS) is 1. The summed E-state index contributed by atoms with van der Waals surface area (Å²) in [6, 6.07) is 5.20. The third-order valence-corrected chi connectivity index (χ3v) is 5.52. The molecule has 1 aromatic carbocycles. The van der Waals surface area contributed by atoms with Crippen LogP contribution in [0.15, 0.2) is 29.2 Å². The third-order valence-electron chi connectivity index (χ3n) is 1.96. The number of halogens is 3. The van der Waals surface area contributed by atoms with Crippen molar-refractivity contribution in [3.63, 3.8) is 0 Å². The van der Waals surface area contributed by atoms with E-state index in [-0.39, 0.29) is 4.90 Å². The van der Waals surface area contributed by atoms with Crippen LogP contribution >= 0.6 is 34.8 Å². The Balaban J connectivity index is 3.05. The van der Waals surface area contributed by atoms with E-state index in [4.69, 9.17) is 39.9 Å². The van der Waals surface area contributed by atoms with E-state index >= 15 is 0 Å². The molecule has 5 nitrogen and oxygen atoms in total. The van der Waals surface area contributed by atoms with Crippen molar-refractivity contribution in [1.82, 2.24) is 5.32 Å². The second-order valence-corrected chi connectivity index (χ2v) is 7.80. The summed E-state index contributed by atoms with van der Waals surface area (Å²) in [7, 11) is -4.10. The van der Waals surface area contributed by atoms with E-state index in [0.717, 1.165) is 0 Å². The van der Waals surface area contributed by atoms with E-state index in [2.05, 4.69) is 0 Å². The maximum Gasteiger partial charge on any atom is 0.404 e. The van der Waals surface area contributed by atoms with Crippen molar-refractivity contribution in [3.8, 4) is 0 Å². The molecule has 0 aliphatic rings. The van der Waals surface area contributed by atoms with Crippen LogP contribution in [0.25, 0.3) is 0 Å². The Hall–Kier alpha value is -0.690. The molecule has 18 heavy (non-hydrogen) atoms. The molecule has 0 fully saturated rings. The average Bonchev–Trinajstić information content (AvgIpc) is 2.27. The van der Waals surface area contributed by atoms with E-state index in [1.807, 2.05) is 5.32 Å². The molecule has 0 heterocycles. The predicted molar refractivity (Wildman–Crippen MR) is 69.1 cm³/mol. The van der Waals surface area contributed by atoms with Crippen LogP contribution in [0.1, 0.15) is 0 Å². The van der Waals surface area contributed by atoms with Crippen LogP contribution in [-0.2, 0) is 9.84 Å². The quantitative estimate of drug-likeness (QED) is 0.830. The summed E-state index contributed by atoms with van der Waals surface area (Å²) in [5.41, 5.74) is 0. The van der Waals surface area contributed by atoms with E-state index in [0.29, 0.717) is 5.02 Å². The molecule has 0 aromatic heterocycles. The van der Waals surface area contributed by atoms with Gasteiger partial charge >= 0.3 is 6.09 Å². The van der Waals surface area contributed by atoms with Crippen LogP contribution in [0.5, 0.6) is 0 Å². The normalized spacial score (nSPS) is 12.2. The van der Waals surface area contributed by atoms with Crippen LogP contribution < -0.4 is 5.32 Å². The molecule has 2 N–H and O–H groups in total. The van der Waals surface area contributed by atoms with Gasteiger partial charge in [-0.15, -0.1) is 0 Å². The minimum absolute atomic E-state index is 0.149. The Morgan fingerprint density at radius 3 is 2.22 bits per heavy atom. The standard InChI is InChI=1S/C9H8Cl3NO4S/c10-6-1-3-7(4-2-6)18(16,17)9(11,12)5-13-8(14)15/h1-4,13H,5H2,(H,14,15). The molecular formula is C9H8Cl3NO4S. The minimum Gasteiger partial charge on any atom is -0.465 e. The first-order chi connectivity index (χ1) is 8.17. The summed E-state index contributed by atoms with van der Waals surface area (Å²) in [6.07, 6.45) is -1.42. The summed E-state index contributed by atoms with van der Waals surface area (Å²) < 4.78 is 21.8. The summed E-state index contributed by atoms with van der Waals surface area (Å²) in [6.45, 7) is -0.656. The third kappa shape index (κ3) is 3.41. The number of sulfone groups is 1. The number of hydrogen-bond donors (Lipinski definition) is 2. The van der Waals surface area contributed by atoms with Crippen molar-refractivity contribution >= 4 is 50.7 Å². The lowest BCUT2D eigenvalue weighted by Gasteiger charge is -2.19. The van der Waals surface area contributed by atoms with Gasteiger partial charge in [-0.1, -0.05) is 34.8 Å². The van der Waals surface area contributed by atoms with Crippen LogP contribution in [-0.4, -0.2) is 29.8 Å². The predicted octanol–water partition coefficient (Wildman–Crippen LogP) is 2.51. The Morgan fingerprint density at radius 1 is 1.28 bits per heavy atom. The number of alkyl halides is 2. The molecule has 100 valence electrons. The molecule has 0 spiro atoms. The SMILES string of the molecule is O=C(O)NCC(Cl)(Cl)S(=O)(=O)c1ccc(Cl)cc1. The number of benzene rings is 1. The second-order valence-electron chi connectivity index (χ2n) is 3.25. The topological polar surface area (TPSA) is 83.5 Å². The van der Waals surface area contributed by atoms with Crippen molar-refractivity contribution in [1.29, 1.82) is 0 Å². The van der Waals surface area contributed by atoms with Crippen molar-refractivity contribution in [2.45, 2.75) is 8.56 Å². The number of carbonyl (C=O) groups is 1. The summed E-state index contributed by atoms with van der Waals surface area (Å²) in [5, 5.41) is 10.6. The first kappa shape index (κ1) is 15.4. The van der Waals surface area contributed by atoms with Gasteiger partial charge in [0.25, 0.3) is 0 Å². The fourth-order valence-electron chi connectivity index (χ4n) is 1.06. The highest BCUT2D eigenvalue weighted by Crippen LogP contribution is 2.33. The zero-order chi connectivity index (χ0) is 14.0. The molecule has 0 unspecified atom stereocenters. The van der Waals surface area contributed by atoms with Gasteiger partial charge in [0, 0.05) is 5.02 Å². The zero-order valence-corrected chi connectivity index (χ0v) is 11.8. The van der Waals surface area contributed by atoms with Gasteiger partial charge in [-0.25, -0.2) is 13.2 Å². The molecular weight excluding hydrogens is 325 g/mol. The maximum absolute atomic E-state index is 12.0. The molecule has 0 bridgehead atoms. The Labute approximate surface area is 119 Å². The van der Waals surface area contributed by atoms with Gasteiger partial charge < -0.3 is 10.4 Å². The van der Waals surface area contributed by atoms with Gasteiger partial charge in [0.2, 0.25) is 13.5 Å². The number of rotatable bonds is 4. The molecule has 0 aliphatic heterocycles. The Morgan fingerprint density at radius 2 is 1.78 bits per heavy atom. The molecule has 1 rings (SSSR count). The smallest absolute Gasteiger partial charge is 0.404 e. The molecule has 0 aliphatic carbocycles. The Kier molecular flexibility index (Phi) is 4.72. The maximum atomic E-state index is 12.0. The lowest BCUT2D eigenvalue weighted by molar-refractivity contribution is 0.194. The van der Waals surface area contributed by atoms with Crippen LogP contribution in [0.3, 0.4) is 0 Å². The highest BCUT2D eigenvalue weighted by Gasteiger charge is 2.41. The summed E-state index contributed by atoms with van der Waals surface area (Å²) in [5.74, 6) is 0. The van der Waals surface area contributed by atoms with Gasteiger partial charge in [-0.3, -0.25) is 0 Å². The van der Waals surface area contributed by atoms with Gasteiger partial charge in [-0.05, 0) is 24.3 Å². The van der Waals surface area contributed by atoms with E-state index < -0.39 is 26.1 Å². The molecule has 0 saturated heterocycles. The number of amides is 1. The van der Waals surface area contributed by atoms with Crippen LogP contribution in [0.4, 0.5) is 4.79 Å². The largest absolute Gasteiger partial charge is 0.465 e. The average molecular weight is 333 g/mol. The van der Waals surface area contributed by atoms with Crippen LogP contribution in [0.2, 0.25) is 5.02 Å².